The van der Waals surface area contributed by atoms with E-state index in [1.54, 1.807) is 18.2 Å². The smallest absolute Gasteiger partial charge is 0.307 e. The van der Waals surface area contributed by atoms with Crippen molar-refractivity contribution in [2.24, 2.45) is 0 Å². The number of ketones is 1. The minimum Gasteiger partial charge on any atom is -0.490 e. The minimum absolute atomic E-state index is 0.00785. The molecule has 0 fully saturated rings. The maximum atomic E-state index is 12.3. The van der Waals surface area contributed by atoms with Gasteiger partial charge >= 0.3 is 5.97 Å². The molecule has 0 aromatic heterocycles. The maximum Gasteiger partial charge on any atom is 0.307 e. The fraction of sp³-hybridized carbons (Fsp3) is 0.550. The average Bonchev–Trinajstić information content (AvgIpc) is 2.82. The van der Waals surface area contributed by atoms with Gasteiger partial charge in [0.05, 0.1) is 19.6 Å². The van der Waals surface area contributed by atoms with Crippen molar-refractivity contribution in [2.45, 2.75) is 58.6 Å². The molecule has 0 radical (unpaired) electrons. The largest absolute Gasteiger partial charge is 0.490 e. The fourth-order valence-corrected chi connectivity index (χ4v) is 2.48. The van der Waals surface area contributed by atoms with Crippen molar-refractivity contribution in [2.75, 3.05) is 13.2 Å². The highest BCUT2D eigenvalue weighted by molar-refractivity contribution is 5.98. The Morgan fingerprint density at radius 2 is 1.78 bits per heavy atom. The lowest BCUT2D eigenvalue weighted by atomic mass is 10.1. The number of fused-ring (bicyclic) bond motifs is 1. The van der Waals surface area contributed by atoms with Gasteiger partial charge in [0.15, 0.2) is 23.4 Å². The van der Waals surface area contributed by atoms with Crippen LogP contribution in [0.1, 0.15) is 57.3 Å². The number of benzene rings is 1. The summed E-state index contributed by atoms with van der Waals surface area (Å²) in [4.78, 5) is 36.2. The highest BCUT2D eigenvalue weighted by Crippen LogP contribution is 2.30. The number of amides is 1. The monoisotopic (exact) mass is 377 g/mol. The summed E-state index contributed by atoms with van der Waals surface area (Å²) in [6.07, 6.45) is -0.234. The molecule has 1 atom stereocenters. The molecule has 0 saturated carbocycles. The first kappa shape index (κ1) is 20.7. The van der Waals surface area contributed by atoms with E-state index >= 15 is 0 Å². The summed E-state index contributed by atoms with van der Waals surface area (Å²) < 4.78 is 16.2. The third-order valence-electron chi connectivity index (χ3n) is 3.80. The first-order valence-corrected chi connectivity index (χ1v) is 9.10. The quantitative estimate of drug-likeness (QED) is 0.605. The molecule has 0 unspecified atom stereocenters. The van der Waals surface area contributed by atoms with E-state index in [9.17, 15) is 14.4 Å². The molecule has 7 nitrogen and oxygen atoms in total. The van der Waals surface area contributed by atoms with Gasteiger partial charge in [0.2, 0.25) is 0 Å². The average molecular weight is 377 g/mol. The number of hydrogen-bond acceptors (Lipinski definition) is 6. The molecular weight excluding hydrogens is 350 g/mol. The third-order valence-corrected chi connectivity index (χ3v) is 3.80. The molecule has 1 aliphatic rings. The summed E-state index contributed by atoms with van der Waals surface area (Å²) in [7, 11) is 0. The molecule has 148 valence electrons. The van der Waals surface area contributed by atoms with Gasteiger partial charge in [0, 0.05) is 23.9 Å². The maximum absolute atomic E-state index is 12.3. The second kappa shape index (κ2) is 8.88. The zero-order valence-electron chi connectivity index (χ0n) is 16.3. The van der Waals surface area contributed by atoms with Gasteiger partial charge in [-0.25, -0.2) is 0 Å². The molecule has 0 saturated heterocycles. The van der Waals surface area contributed by atoms with Crippen LogP contribution in [-0.2, 0) is 14.3 Å². The molecule has 0 bridgehead atoms. The molecule has 1 amide bonds. The summed E-state index contributed by atoms with van der Waals surface area (Å²) in [5, 5.41) is 2.74. The number of hydrogen-bond donors (Lipinski definition) is 1. The highest BCUT2D eigenvalue weighted by Gasteiger charge is 2.23. The van der Waals surface area contributed by atoms with E-state index in [1.165, 1.54) is 6.92 Å². The van der Waals surface area contributed by atoms with Crippen LogP contribution in [0, 0.1) is 0 Å². The Kier molecular flexibility index (Phi) is 6.82. The van der Waals surface area contributed by atoms with Gasteiger partial charge in [-0.2, -0.15) is 0 Å². The number of rotatable bonds is 6. The van der Waals surface area contributed by atoms with Crippen LogP contribution in [0.25, 0.3) is 0 Å². The standard InChI is InChI=1S/C20H27NO6/c1-13(19(24)21-20(2,3)4)27-18(23)9-7-15(22)14-6-8-16-17(12-14)26-11-5-10-25-16/h6,8,12-13H,5,7,9-11H2,1-4H3,(H,21,24)/t13-/m0/s1. The van der Waals surface area contributed by atoms with Crippen molar-refractivity contribution in [3.05, 3.63) is 23.8 Å². The Bertz CT molecular complexity index is 707. The molecular formula is C20H27NO6. The highest BCUT2D eigenvalue weighted by atomic mass is 16.5. The van der Waals surface area contributed by atoms with E-state index < -0.39 is 17.6 Å². The molecule has 0 aliphatic carbocycles. The minimum atomic E-state index is -0.912. The van der Waals surface area contributed by atoms with Crippen LogP contribution in [0.3, 0.4) is 0 Å². The van der Waals surface area contributed by atoms with Gasteiger partial charge in [-0.3, -0.25) is 14.4 Å². The van der Waals surface area contributed by atoms with Crippen LogP contribution in [0.4, 0.5) is 0 Å². The van der Waals surface area contributed by atoms with Crippen LogP contribution in [0.2, 0.25) is 0 Å². The number of esters is 1. The van der Waals surface area contributed by atoms with Crippen molar-refractivity contribution < 1.29 is 28.6 Å². The summed E-state index contributed by atoms with van der Waals surface area (Å²) in [6.45, 7) is 8.14. The van der Waals surface area contributed by atoms with Crippen LogP contribution < -0.4 is 14.8 Å². The van der Waals surface area contributed by atoms with Crippen LogP contribution in [0.15, 0.2) is 18.2 Å². The lowest BCUT2D eigenvalue weighted by Gasteiger charge is -2.23. The van der Waals surface area contributed by atoms with E-state index in [-0.39, 0.29) is 24.5 Å². The van der Waals surface area contributed by atoms with E-state index in [1.807, 2.05) is 20.8 Å². The molecule has 1 aromatic rings. The third kappa shape index (κ3) is 6.58. The number of nitrogens with one attached hydrogen (secondary N) is 1. The molecule has 7 heteroatoms. The Balaban J connectivity index is 1.85. The molecule has 1 heterocycles. The van der Waals surface area contributed by atoms with Gasteiger partial charge in [0.1, 0.15) is 0 Å². The van der Waals surface area contributed by atoms with E-state index in [0.717, 1.165) is 6.42 Å². The summed E-state index contributed by atoms with van der Waals surface area (Å²) >= 11 is 0. The van der Waals surface area contributed by atoms with Crippen LogP contribution in [-0.4, -0.2) is 42.5 Å². The van der Waals surface area contributed by atoms with Crippen molar-refractivity contribution in [1.29, 1.82) is 0 Å². The second-order valence-electron chi connectivity index (χ2n) is 7.51. The Morgan fingerprint density at radius 3 is 2.44 bits per heavy atom. The van der Waals surface area contributed by atoms with Crippen molar-refractivity contribution in [3.8, 4) is 11.5 Å². The molecule has 1 aliphatic heterocycles. The molecule has 27 heavy (non-hydrogen) atoms. The SMILES string of the molecule is C[C@H](OC(=O)CCC(=O)c1ccc2c(c1)OCCCO2)C(=O)NC(C)(C)C. The Morgan fingerprint density at radius 1 is 1.11 bits per heavy atom. The van der Waals surface area contributed by atoms with Crippen LogP contribution >= 0.6 is 0 Å². The molecule has 1 aromatic carbocycles. The molecule has 1 N–H and O–H groups in total. The van der Waals surface area contributed by atoms with Gasteiger partial charge in [-0.05, 0) is 45.9 Å². The van der Waals surface area contributed by atoms with Crippen molar-refractivity contribution in [3.63, 3.8) is 0 Å². The lowest BCUT2D eigenvalue weighted by Crippen LogP contribution is -2.46. The van der Waals surface area contributed by atoms with E-state index in [0.29, 0.717) is 30.3 Å². The Labute approximate surface area is 159 Å². The van der Waals surface area contributed by atoms with Crippen molar-refractivity contribution >= 4 is 17.7 Å². The van der Waals surface area contributed by atoms with Crippen LogP contribution in [0.5, 0.6) is 11.5 Å². The lowest BCUT2D eigenvalue weighted by molar-refractivity contribution is -0.155. The van der Waals surface area contributed by atoms with E-state index in [4.69, 9.17) is 14.2 Å². The predicted octanol–water partition coefficient (Wildman–Crippen LogP) is 2.66. The van der Waals surface area contributed by atoms with Gasteiger partial charge in [-0.1, -0.05) is 0 Å². The second-order valence-corrected chi connectivity index (χ2v) is 7.51. The fourth-order valence-electron chi connectivity index (χ4n) is 2.48. The number of ether oxygens (including phenoxy) is 3. The van der Waals surface area contributed by atoms with Crippen molar-refractivity contribution in [1.82, 2.24) is 5.32 Å². The summed E-state index contributed by atoms with van der Waals surface area (Å²) in [5.74, 6) is -0.00994. The molecule has 2 rings (SSSR count). The van der Waals surface area contributed by atoms with Gasteiger partial charge in [0.25, 0.3) is 5.91 Å². The first-order chi connectivity index (χ1) is 12.7. The number of Topliss-reactive ketones (excluding diaryl/α,β-unsaturated/α-hetero) is 1. The number of carbonyl (C=O) groups is 3. The summed E-state index contributed by atoms with van der Waals surface area (Å²) in [5.41, 5.74) is 0.0377. The zero-order chi connectivity index (χ0) is 20.0. The van der Waals surface area contributed by atoms with E-state index in [2.05, 4.69) is 5.32 Å². The number of carbonyl (C=O) groups excluding carboxylic acids is 3. The molecule has 0 spiro atoms. The predicted molar refractivity (Wildman–Crippen MR) is 99.1 cm³/mol. The Hall–Kier alpha value is -2.57. The zero-order valence-corrected chi connectivity index (χ0v) is 16.3. The van der Waals surface area contributed by atoms with Gasteiger partial charge in [-0.15, -0.1) is 0 Å². The van der Waals surface area contributed by atoms with Gasteiger partial charge < -0.3 is 19.5 Å². The summed E-state index contributed by atoms with van der Waals surface area (Å²) in [6, 6.07) is 4.99. The first-order valence-electron chi connectivity index (χ1n) is 9.10. The normalized spacial score (nSPS) is 14.7. The topological polar surface area (TPSA) is 90.9 Å².